The normalized spacial score (nSPS) is 13.3. The fourth-order valence-electron chi connectivity index (χ4n) is 2.17. The Balaban J connectivity index is 2.47. The lowest BCUT2D eigenvalue weighted by Crippen LogP contribution is -2.17. The predicted molar refractivity (Wildman–Crippen MR) is 59.5 cm³/mol. The Morgan fingerprint density at radius 3 is 3.07 bits per heavy atom. The van der Waals surface area contributed by atoms with E-state index >= 15 is 0 Å². The van der Waals surface area contributed by atoms with Gasteiger partial charge in [0, 0.05) is 11.9 Å². The summed E-state index contributed by atoms with van der Waals surface area (Å²) in [6, 6.07) is 7.89. The smallest absolute Gasteiger partial charge is 0.265 e. The molecule has 0 bridgehead atoms. The van der Waals surface area contributed by atoms with Gasteiger partial charge >= 0.3 is 0 Å². The third kappa shape index (κ3) is 1.03. The molecule has 0 fully saturated rings. The highest BCUT2D eigenvalue weighted by Crippen LogP contribution is 2.27. The third-order valence-corrected chi connectivity index (χ3v) is 2.79. The average Bonchev–Trinajstić information content (AvgIpc) is 2.61. The van der Waals surface area contributed by atoms with Gasteiger partial charge in [0.05, 0.1) is 5.52 Å². The number of nitrogens with zero attached hydrogens (tertiary/aromatic N) is 1. The van der Waals surface area contributed by atoms with E-state index < -0.39 is 0 Å². The van der Waals surface area contributed by atoms with Crippen molar-refractivity contribution in [2.75, 3.05) is 0 Å². The molecule has 0 spiro atoms. The highest BCUT2D eigenvalue weighted by Gasteiger charge is 2.15. The quantitative estimate of drug-likeness (QED) is 0.745. The molecule has 1 aliphatic rings. The molecule has 15 heavy (non-hydrogen) atoms. The molecule has 0 unspecified atom stereocenters. The van der Waals surface area contributed by atoms with Crippen LogP contribution < -0.4 is 5.73 Å². The topological polar surface area (TPSA) is 48.0 Å². The van der Waals surface area contributed by atoms with Gasteiger partial charge in [-0.3, -0.25) is 4.79 Å². The fourth-order valence-corrected chi connectivity index (χ4v) is 2.17. The molecule has 1 aliphatic heterocycles. The third-order valence-electron chi connectivity index (χ3n) is 2.79. The van der Waals surface area contributed by atoms with Crippen LogP contribution in [0.2, 0.25) is 0 Å². The van der Waals surface area contributed by atoms with Gasteiger partial charge in [0.15, 0.2) is 0 Å². The zero-order valence-corrected chi connectivity index (χ0v) is 8.10. The summed E-state index contributed by atoms with van der Waals surface area (Å²) >= 11 is 0. The van der Waals surface area contributed by atoms with Crippen LogP contribution in [0, 0.1) is 0 Å². The molecule has 0 saturated carbocycles. The van der Waals surface area contributed by atoms with Gasteiger partial charge in [0.1, 0.15) is 5.69 Å². The molecule has 0 saturated heterocycles. The van der Waals surface area contributed by atoms with E-state index in [1.165, 1.54) is 0 Å². The minimum Gasteiger partial charge on any atom is -0.364 e. The molecule has 2 aromatic rings. The van der Waals surface area contributed by atoms with Gasteiger partial charge in [-0.2, -0.15) is 0 Å². The molecule has 0 aliphatic carbocycles. The van der Waals surface area contributed by atoms with Crippen LogP contribution in [-0.4, -0.2) is 10.5 Å². The number of primary amides is 1. The number of aromatic nitrogens is 1. The first-order chi connectivity index (χ1) is 7.27. The van der Waals surface area contributed by atoms with E-state index in [4.69, 9.17) is 5.73 Å². The second-order valence-electron chi connectivity index (χ2n) is 3.69. The summed E-state index contributed by atoms with van der Waals surface area (Å²) in [5.41, 5.74) is 8.18. The van der Waals surface area contributed by atoms with Gasteiger partial charge in [0.2, 0.25) is 0 Å². The van der Waals surface area contributed by atoms with E-state index in [1.807, 2.05) is 34.9 Å². The van der Waals surface area contributed by atoms with E-state index in [2.05, 4.69) is 6.08 Å². The van der Waals surface area contributed by atoms with E-state index in [-0.39, 0.29) is 5.91 Å². The Bertz CT molecular complexity index is 593. The lowest BCUT2D eigenvalue weighted by atomic mass is 10.1. The minimum atomic E-state index is -0.368. The summed E-state index contributed by atoms with van der Waals surface area (Å²) < 4.78 is 1.97. The summed E-state index contributed by atoms with van der Waals surface area (Å²) in [7, 11) is 0. The summed E-state index contributed by atoms with van der Waals surface area (Å²) in [5.74, 6) is -0.368. The summed E-state index contributed by atoms with van der Waals surface area (Å²) in [5, 5.41) is 1.07. The lowest BCUT2D eigenvalue weighted by Gasteiger charge is -2.11. The van der Waals surface area contributed by atoms with Crippen LogP contribution in [0.4, 0.5) is 0 Å². The second-order valence-corrected chi connectivity index (χ2v) is 3.69. The summed E-state index contributed by atoms with van der Waals surface area (Å²) in [4.78, 5) is 11.3. The number of hydrogen-bond donors (Lipinski definition) is 1. The Labute approximate surface area is 86.8 Å². The molecular formula is C12H10N2O. The minimum absolute atomic E-state index is 0.368. The van der Waals surface area contributed by atoms with Crippen molar-refractivity contribution in [3.63, 3.8) is 0 Å². The lowest BCUT2D eigenvalue weighted by molar-refractivity contribution is 0.0992. The number of benzene rings is 1. The highest BCUT2D eigenvalue weighted by molar-refractivity contribution is 6.00. The van der Waals surface area contributed by atoms with Crippen molar-refractivity contribution in [2.24, 2.45) is 5.73 Å². The van der Waals surface area contributed by atoms with Crippen LogP contribution in [-0.2, 0) is 6.54 Å². The number of rotatable bonds is 1. The number of hydrogen-bond acceptors (Lipinski definition) is 1. The number of carbonyl (C=O) groups excluding carboxylic acids is 1. The molecule has 2 heterocycles. The van der Waals surface area contributed by atoms with Crippen LogP contribution in [0.3, 0.4) is 0 Å². The van der Waals surface area contributed by atoms with E-state index in [9.17, 15) is 4.79 Å². The molecule has 1 aromatic carbocycles. The molecule has 3 heteroatoms. The summed E-state index contributed by atoms with van der Waals surface area (Å²) in [6.45, 7) is 0.721. The van der Waals surface area contributed by atoms with E-state index in [0.29, 0.717) is 5.69 Å². The van der Waals surface area contributed by atoms with Crippen molar-refractivity contribution in [3.8, 4) is 0 Å². The van der Waals surface area contributed by atoms with Crippen molar-refractivity contribution in [3.05, 3.63) is 41.6 Å². The molecule has 3 rings (SSSR count). The van der Waals surface area contributed by atoms with Crippen molar-refractivity contribution in [1.82, 2.24) is 4.57 Å². The molecule has 74 valence electrons. The van der Waals surface area contributed by atoms with Crippen LogP contribution in [0.25, 0.3) is 17.0 Å². The van der Waals surface area contributed by atoms with Crippen LogP contribution in [0.1, 0.15) is 16.1 Å². The molecule has 0 radical (unpaired) electrons. The van der Waals surface area contributed by atoms with Crippen LogP contribution in [0.5, 0.6) is 0 Å². The van der Waals surface area contributed by atoms with Gasteiger partial charge in [0.25, 0.3) is 5.91 Å². The van der Waals surface area contributed by atoms with Crippen LogP contribution >= 0.6 is 0 Å². The Kier molecular flexibility index (Phi) is 1.51. The molecule has 0 atom stereocenters. The summed E-state index contributed by atoms with van der Waals surface area (Å²) in [6.07, 6.45) is 4.11. The van der Waals surface area contributed by atoms with Gasteiger partial charge in [-0.25, -0.2) is 0 Å². The Hall–Kier alpha value is -2.03. The molecule has 2 N–H and O–H groups in total. The number of carbonyl (C=O) groups is 1. The zero-order chi connectivity index (χ0) is 10.4. The SMILES string of the molecule is NC(=O)c1cc2cccc3c2n1CC=C3. The largest absolute Gasteiger partial charge is 0.364 e. The number of amides is 1. The first kappa shape index (κ1) is 8.29. The maximum atomic E-state index is 11.3. The number of allylic oxidation sites excluding steroid dienone is 1. The Morgan fingerprint density at radius 1 is 1.40 bits per heavy atom. The first-order valence-corrected chi connectivity index (χ1v) is 4.86. The first-order valence-electron chi connectivity index (χ1n) is 4.86. The van der Waals surface area contributed by atoms with Crippen molar-refractivity contribution in [1.29, 1.82) is 0 Å². The van der Waals surface area contributed by atoms with Crippen LogP contribution in [0.15, 0.2) is 30.3 Å². The van der Waals surface area contributed by atoms with Crippen molar-refractivity contribution in [2.45, 2.75) is 6.54 Å². The van der Waals surface area contributed by atoms with Gasteiger partial charge in [-0.05, 0) is 11.6 Å². The van der Waals surface area contributed by atoms with Gasteiger partial charge < -0.3 is 10.3 Å². The Morgan fingerprint density at radius 2 is 2.27 bits per heavy atom. The van der Waals surface area contributed by atoms with E-state index in [0.717, 1.165) is 23.0 Å². The number of para-hydroxylation sites is 1. The van der Waals surface area contributed by atoms with E-state index in [1.54, 1.807) is 0 Å². The molecule has 1 aromatic heterocycles. The predicted octanol–water partition coefficient (Wildman–Crippen LogP) is 1.77. The van der Waals surface area contributed by atoms with Gasteiger partial charge in [-0.1, -0.05) is 30.4 Å². The maximum absolute atomic E-state index is 11.3. The molecular weight excluding hydrogens is 188 g/mol. The van der Waals surface area contributed by atoms with Gasteiger partial charge in [-0.15, -0.1) is 0 Å². The highest BCUT2D eigenvalue weighted by atomic mass is 16.1. The second kappa shape index (κ2) is 2.73. The number of nitrogens with two attached hydrogens (primary N) is 1. The maximum Gasteiger partial charge on any atom is 0.265 e. The monoisotopic (exact) mass is 198 g/mol. The zero-order valence-electron chi connectivity index (χ0n) is 8.10. The fraction of sp³-hybridized carbons (Fsp3) is 0.0833. The average molecular weight is 198 g/mol. The standard InChI is InChI=1S/C12H10N2O/c13-12(15)10-7-9-4-1-3-8-5-2-6-14(10)11(8)9/h1-5,7H,6H2,(H2,13,15). The van der Waals surface area contributed by atoms with Crippen molar-refractivity contribution >= 4 is 22.9 Å². The molecule has 1 amide bonds. The van der Waals surface area contributed by atoms with Crippen molar-refractivity contribution < 1.29 is 4.79 Å². The molecule has 3 nitrogen and oxygen atoms in total.